The Morgan fingerprint density at radius 3 is 2.69 bits per heavy atom. The van der Waals surface area contributed by atoms with E-state index < -0.39 is 31.2 Å². The Morgan fingerprint density at radius 2 is 2.05 bits per heavy atom. The second-order valence-corrected chi connectivity index (χ2v) is 9.53. The van der Waals surface area contributed by atoms with Gasteiger partial charge in [0.25, 0.3) is 5.91 Å². The number of ether oxygens (including phenoxy) is 2. The first-order valence-corrected chi connectivity index (χ1v) is 12.5. The van der Waals surface area contributed by atoms with Gasteiger partial charge in [-0.15, -0.1) is 0 Å². The molecule has 0 radical (unpaired) electrons. The summed E-state index contributed by atoms with van der Waals surface area (Å²) in [5.41, 5.74) is 5.49. The molecule has 4 rings (SSSR count). The summed E-state index contributed by atoms with van der Waals surface area (Å²) in [6, 6.07) is 1.08. The highest BCUT2D eigenvalue weighted by Gasteiger charge is 2.41. The van der Waals surface area contributed by atoms with Crippen molar-refractivity contribution in [2.75, 3.05) is 43.5 Å². The lowest BCUT2D eigenvalue weighted by Gasteiger charge is -2.33. The van der Waals surface area contributed by atoms with E-state index in [9.17, 15) is 18.0 Å². The second-order valence-electron chi connectivity index (χ2n) is 9.53. The van der Waals surface area contributed by atoms with Gasteiger partial charge in [-0.1, -0.05) is 0 Å². The summed E-state index contributed by atoms with van der Waals surface area (Å²) >= 11 is 0. The normalized spacial score (nSPS) is 20.1. The molecule has 210 valence electrons. The molecule has 0 bridgehead atoms. The van der Waals surface area contributed by atoms with Crippen molar-refractivity contribution >= 4 is 17.5 Å². The highest BCUT2D eigenvalue weighted by molar-refractivity contribution is 5.93. The molecule has 3 heterocycles. The topological polar surface area (TPSA) is 172 Å². The molecular formula is C24H29F3N8O4. The van der Waals surface area contributed by atoms with Crippen molar-refractivity contribution in [3.63, 3.8) is 0 Å². The molecule has 3 atom stereocenters. The van der Waals surface area contributed by atoms with E-state index in [-0.39, 0.29) is 41.9 Å². The van der Waals surface area contributed by atoms with Crippen LogP contribution in [0.4, 0.5) is 24.8 Å². The highest BCUT2D eigenvalue weighted by Crippen LogP contribution is 2.37. The van der Waals surface area contributed by atoms with E-state index in [0.29, 0.717) is 50.5 Å². The molecule has 1 saturated carbocycles. The molecule has 0 spiro atoms. The molecule has 12 nitrogen and oxygen atoms in total. The summed E-state index contributed by atoms with van der Waals surface area (Å²) in [4.78, 5) is 30.9. The number of alkyl halides is 3. The Morgan fingerprint density at radius 1 is 1.28 bits per heavy atom. The highest BCUT2D eigenvalue weighted by atomic mass is 19.4. The van der Waals surface area contributed by atoms with Gasteiger partial charge < -0.3 is 30.5 Å². The standard InChI is InChI=1S/C24H29F3N8O4/c25-24(26,27)19(3-6-36)33-22(37)17-8-20(34-23(32-17)39-12-16-7-15(16)9-28)35-4-1-14(2-5-35)11-38-18-10-30-13-31-21(18)29/h8,10,13-16,19,36H,1-7,11-12H2,(H,33,37)(H2,29,30,31)/t15?,16-,19?/m1/s1. The zero-order valence-corrected chi connectivity index (χ0v) is 21.0. The minimum atomic E-state index is -4.74. The first kappa shape index (κ1) is 28.1. The van der Waals surface area contributed by atoms with Crippen LogP contribution >= 0.6 is 0 Å². The van der Waals surface area contributed by atoms with E-state index in [1.165, 1.54) is 18.6 Å². The minimum Gasteiger partial charge on any atom is -0.488 e. The molecule has 15 heteroatoms. The number of nitrogens with one attached hydrogen (secondary N) is 1. The van der Waals surface area contributed by atoms with E-state index in [4.69, 9.17) is 25.6 Å². The molecule has 2 fully saturated rings. The molecule has 2 aliphatic rings. The Hall–Kier alpha value is -3.93. The average Bonchev–Trinajstić information content (AvgIpc) is 3.69. The quantitative estimate of drug-likeness (QED) is 0.372. The number of hydrogen-bond acceptors (Lipinski definition) is 11. The summed E-state index contributed by atoms with van der Waals surface area (Å²) in [6.07, 6.45) is -0.499. The number of nitrogen functional groups attached to an aromatic ring is 1. The number of piperidine rings is 1. The van der Waals surface area contributed by atoms with E-state index in [0.717, 1.165) is 0 Å². The number of carbonyl (C=O) groups excluding carboxylic acids is 1. The van der Waals surface area contributed by atoms with Gasteiger partial charge in [0.15, 0.2) is 11.6 Å². The van der Waals surface area contributed by atoms with Crippen molar-refractivity contribution in [1.29, 1.82) is 5.26 Å². The number of aromatic nitrogens is 4. The zero-order valence-electron chi connectivity index (χ0n) is 21.0. The summed E-state index contributed by atoms with van der Waals surface area (Å²) in [6.45, 7) is 0.895. The lowest BCUT2D eigenvalue weighted by molar-refractivity contribution is -0.156. The molecule has 2 aromatic heterocycles. The molecule has 1 aliphatic heterocycles. The Balaban J connectivity index is 1.44. The summed E-state index contributed by atoms with van der Waals surface area (Å²) in [7, 11) is 0. The number of aliphatic hydroxyl groups is 1. The minimum absolute atomic E-state index is 0.0125. The lowest BCUT2D eigenvalue weighted by Crippen LogP contribution is -2.46. The van der Waals surface area contributed by atoms with Crippen LogP contribution in [0.3, 0.4) is 0 Å². The van der Waals surface area contributed by atoms with Crippen molar-refractivity contribution in [2.45, 2.75) is 37.9 Å². The van der Waals surface area contributed by atoms with Crippen LogP contribution < -0.4 is 25.4 Å². The van der Waals surface area contributed by atoms with Crippen molar-refractivity contribution in [1.82, 2.24) is 25.3 Å². The van der Waals surface area contributed by atoms with E-state index in [1.807, 2.05) is 10.2 Å². The second kappa shape index (κ2) is 12.3. The summed E-state index contributed by atoms with van der Waals surface area (Å²) in [5.74, 6) is 0.0151. The van der Waals surface area contributed by atoms with Gasteiger partial charge in [0, 0.05) is 31.7 Å². The van der Waals surface area contributed by atoms with E-state index in [1.54, 1.807) is 0 Å². The number of aliphatic hydroxyl groups excluding tert-OH is 1. The predicted molar refractivity (Wildman–Crippen MR) is 131 cm³/mol. The van der Waals surface area contributed by atoms with Crippen LogP contribution in [0.5, 0.6) is 11.8 Å². The van der Waals surface area contributed by atoms with Gasteiger partial charge in [-0.25, -0.2) is 9.97 Å². The van der Waals surface area contributed by atoms with Gasteiger partial charge in [0.1, 0.15) is 23.9 Å². The molecule has 2 aromatic rings. The zero-order chi connectivity index (χ0) is 28.0. The Labute approximate surface area is 222 Å². The van der Waals surface area contributed by atoms with Crippen LogP contribution in [0.15, 0.2) is 18.6 Å². The molecule has 0 aromatic carbocycles. The van der Waals surface area contributed by atoms with Crippen molar-refractivity contribution in [2.24, 2.45) is 17.8 Å². The number of carbonyl (C=O) groups is 1. The molecular weight excluding hydrogens is 521 g/mol. The Bertz CT molecular complexity index is 1190. The molecule has 4 N–H and O–H groups in total. The number of nitrogens with zero attached hydrogens (tertiary/aromatic N) is 6. The van der Waals surface area contributed by atoms with Crippen LogP contribution in [0.2, 0.25) is 0 Å². The van der Waals surface area contributed by atoms with Crippen LogP contribution in [0, 0.1) is 29.1 Å². The monoisotopic (exact) mass is 550 g/mol. The fourth-order valence-electron chi connectivity index (χ4n) is 4.18. The van der Waals surface area contributed by atoms with Gasteiger partial charge in [-0.3, -0.25) is 4.79 Å². The van der Waals surface area contributed by atoms with Crippen molar-refractivity contribution in [3.8, 4) is 17.8 Å². The van der Waals surface area contributed by atoms with Gasteiger partial charge in [-0.2, -0.15) is 28.4 Å². The van der Waals surface area contributed by atoms with E-state index in [2.05, 4.69) is 26.0 Å². The van der Waals surface area contributed by atoms with Crippen LogP contribution in [-0.4, -0.2) is 76.1 Å². The number of anilines is 2. The number of rotatable bonds is 11. The van der Waals surface area contributed by atoms with Crippen LogP contribution in [-0.2, 0) is 0 Å². The maximum Gasteiger partial charge on any atom is 0.408 e. The van der Waals surface area contributed by atoms with Crippen LogP contribution in [0.25, 0.3) is 0 Å². The van der Waals surface area contributed by atoms with Gasteiger partial charge in [0.2, 0.25) is 0 Å². The van der Waals surface area contributed by atoms with Crippen molar-refractivity contribution in [3.05, 3.63) is 24.3 Å². The molecule has 1 saturated heterocycles. The molecule has 1 aliphatic carbocycles. The third-order valence-corrected chi connectivity index (χ3v) is 6.68. The fourth-order valence-corrected chi connectivity index (χ4v) is 4.18. The lowest BCUT2D eigenvalue weighted by atomic mass is 9.98. The third-order valence-electron chi connectivity index (χ3n) is 6.68. The van der Waals surface area contributed by atoms with E-state index >= 15 is 0 Å². The van der Waals surface area contributed by atoms with Gasteiger partial charge in [-0.05, 0) is 31.6 Å². The number of halogens is 3. The molecule has 39 heavy (non-hydrogen) atoms. The number of hydrogen-bond donors (Lipinski definition) is 3. The fraction of sp³-hybridized carbons (Fsp3) is 0.583. The van der Waals surface area contributed by atoms with Gasteiger partial charge in [0.05, 0.1) is 31.4 Å². The first-order chi connectivity index (χ1) is 18.7. The third kappa shape index (κ3) is 7.56. The number of nitriles is 1. The smallest absolute Gasteiger partial charge is 0.408 e. The summed E-state index contributed by atoms with van der Waals surface area (Å²) < 4.78 is 51.3. The van der Waals surface area contributed by atoms with Gasteiger partial charge >= 0.3 is 12.2 Å². The predicted octanol–water partition coefficient (Wildman–Crippen LogP) is 1.73. The molecule has 2 unspecified atom stereocenters. The summed E-state index contributed by atoms with van der Waals surface area (Å²) in [5, 5.41) is 19.9. The first-order valence-electron chi connectivity index (χ1n) is 12.5. The Kier molecular flexibility index (Phi) is 8.85. The molecule has 1 amide bonds. The maximum atomic E-state index is 13.3. The largest absolute Gasteiger partial charge is 0.488 e. The van der Waals surface area contributed by atoms with Crippen molar-refractivity contribution < 1.29 is 32.5 Å². The average molecular weight is 551 g/mol. The number of nitrogens with two attached hydrogens (primary N) is 1. The number of amides is 1. The maximum absolute atomic E-state index is 13.3. The SMILES string of the molecule is N#CC1C[C@@H]1COc1nc(C(=O)NC(CCO)C(F)(F)F)cc(N2CCC(COc3cncnc3N)CC2)n1. The van der Waals surface area contributed by atoms with Crippen LogP contribution in [0.1, 0.15) is 36.2 Å².